The summed E-state index contributed by atoms with van der Waals surface area (Å²) in [5.41, 5.74) is 2.28. The third kappa shape index (κ3) is 4.51. The fraction of sp³-hybridized carbons (Fsp3) is 0.235. The maximum Gasteiger partial charge on any atom is 0.121 e. The summed E-state index contributed by atoms with van der Waals surface area (Å²) in [5.74, 6) is 0.686. The van der Waals surface area contributed by atoms with Gasteiger partial charge < -0.3 is 15.2 Å². The number of benzene rings is 2. The highest BCUT2D eigenvalue weighted by Gasteiger charge is 2.05. The summed E-state index contributed by atoms with van der Waals surface area (Å²) in [4.78, 5) is 0. The van der Waals surface area contributed by atoms with Crippen LogP contribution in [0.1, 0.15) is 18.1 Å². The number of aliphatic hydroxyl groups excluding tert-OH is 1. The van der Waals surface area contributed by atoms with E-state index >= 15 is 0 Å². The Hall–Kier alpha value is -2.51. The zero-order valence-electron chi connectivity index (χ0n) is 11.9. The van der Waals surface area contributed by atoms with Crippen molar-refractivity contribution in [1.82, 2.24) is 0 Å². The summed E-state index contributed by atoms with van der Waals surface area (Å²) in [7, 11) is 0. The monoisotopic (exact) mass is 282 g/mol. The van der Waals surface area contributed by atoms with Gasteiger partial charge in [0.05, 0.1) is 17.4 Å². The highest BCUT2D eigenvalue weighted by atomic mass is 16.5. The molecule has 21 heavy (non-hydrogen) atoms. The highest BCUT2D eigenvalue weighted by molar-refractivity contribution is 5.60. The van der Waals surface area contributed by atoms with Crippen molar-refractivity contribution >= 4 is 5.69 Å². The van der Waals surface area contributed by atoms with Crippen molar-refractivity contribution < 1.29 is 9.84 Å². The predicted molar refractivity (Wildman–Crippen MR) is 82.1 cm³/mol. The van der Waals surface area contributed by atoms with E-state index in [1.807, 2.05) is 30.3 Å². The van der Waals surface area contributed by atoms with Crippen molar-refractivity contribution in [2.75, 3.05) is 11.9 Å². The molecule has 0 aliphatic heterocycles. The Kier molecular flexibility index (Phi) is 5.19. The van der Waals surface area contributed by atoms with E-state index < -0.39 is 6.10 Å². The van der Waals surface area contributed by atoms with E-state index in [1.165, 1.54) is 0 Å². The number of nitrogens with zero attached hydrogens (tertiary/aromatic N) is 1. The van der Waals surface area contributed by atoms with Gasteiger partial charge in [0.25, 0.3) is 0 Å². The molecule has 2 N–H and O–H groups in total. The summed E-state index contributed by atoms with van der Waals surface area (Å²) in [6, 6.07) is 17.3. The number of anilines is 1. The van der Waals surface area contributed by atoms with E-state index in [9.17, 15) is 5.11 Å². The van der Waals surface area contributed by atoms with Gasteiger partial charge in [-0.05, 0) is 24.6 Å². The molecule has 0 aliphatic rings. The van der Waals surface area contributed by atoms with Gasteiger partial charge in [0.2, 0.25) is 0 Å². The lowest BCUT2D eigenvalue weighted by Crippen LogP contribution is -2.16. The van der Waals surface area contributed by atoms with E-state index in [2.05, 4.69) is 11.4 Å². The van der Waals surface area contributed by atoms with E-state index in [-0.39, 0.29) is 0 Å². The number of nitriles is 1. The topological polar surface area (TPSA) is 65.3 Å². The van der Waals surface area contributed by atoms with E-state index in [0.29, 0.717) is 30.2 Å². The van der Waals surface area contributed by atoms with E-state index in [0.717, 1.165) is 5.56 Å². The minimum absolute atomic E-state index is 0.386. The second-order valence-corrected chi connectivity index (χ2v) is 4.82. The number of ether oxygens (including phenoxy) is 1. The minimum Gasteiger partial charge on any atom is -0.489 e. The maximum atomic E-state index is 9.32. The highest BCUT2D eigenvalue weighted by Crippen LogP contribution is 2.23. The summed E-state index contributed by atoms with van der Waals surface area (Å²) in [5, 5.41) is 21.5. The predicted octanol–water partition coefficient (Wildman–Crippen LogP) is 2.93. The quantitative estimate of drug-likeness (QED) is 0.855. The zero-order valence-corrected chi connectivity index (χ0v) is 11.9. The maximum absolute atomic E-state index is 9.32. The summed E-state index contributed by atoms with van der Waals surface area (Å²) in [6.45, 7) is 2.55. The normalized spacial score (nSPS) is 11.5. The Bertz CT molecular complexity index is 618. The van der Waals surface area contributed by atoms with Gasteiger partial charge in [-0.25, -0.2) is 0 Å². The van der Waals surface area contributed by atoms with Crippen LogP contribution < -0.4 is 10.1 Å². The summed E-state index contributed by atoms with van der Waals surface area (Å²) < 4.78 is 5.73. The molecule has 1 atom stereocenters. The molecule has 4 nitrogen and oxygen atoms in total. The van der Waals surface area contributed by atoms with Crippen molar-refractivity contribution in [3.8, 4) is 11.8 Å². The summed E-state index contributed by atoms with van der Waals surface area (Å²) in [6.07, 6.45) is -0.481. The number of aliphatic hydroxyl groups is 1. The zero-order chi connectivity index (χ0) is 15.1. The minimum atomic E-state index is -0.481. The first kappa shape index (κ1) is 14.9. The van der Waals surface area contributed by atoms with Crippen molar-refractivity contribution in [3.63, 3.8) is 0 Å². The number of nitrogens with one attached hydrogen (secondary N) is 1. The van der Waals surface area contributed by atoms with E-state index in [4.69, 9.17) is 10.00 Å². The van der Waals surface area contributed by atoms with Crippen LogP contribution in [0.5, 0.6) is 5.75 Å². The van der Waals surface area contributed by atoms with Crippen LogP contribution in [0.2, 0.25) is 0 Å². The number of rotatable bonds is 6. The Morgan fingerprint density at radius 2 is 2.00 bits per heavy atom. The molecule has 0 spiro atoms. The van der Waals surface area contributed by atoms with Crippen LogP contribution in [0.4, 0.5) is 5.69 Å². The first-order valence-corrected chi connectivity index (χ1v) is 6.82. The van der Waals surface area contributed by atoms with Crippen molar-refractivity contribution in [2.45, 2.75) is 19.6 Å². The van der Waals surface area contributed by atoms with Gasteiger partial charge in [-0.3, -0.25) is 0 Å². The van der Waals surface area contributed by atoms with Crippen molar-refractivity contribution in [2.24, 2.45) is 0 Å². The van der Waals surface area contributed by atoms with Gasteiger partial charge in [-0.15, -0.1) is 0 Å². The SMILES string of the molecule is CC(O)CNc1cc(OCc2ccccc2)ccc1C#N. The Balaban J connectivity index is 2.06. The number of hydrogen-bond donors (Lipinski definition) is 2. The second kappa shape index (κ2) is 7.32. The van der Waals surface area contributed by atoms with Gasteiger partial charge in [-0.1, -0.05) is 30.3 Å². The molecule has 4 heteroatoms. The average molecular weight is 282 g/mol. The molecule has 0 heterocycles. The molecular formula is C17H18N2O2. The molecule has 0 bridgehead atoms. The molecule has 0 fully saturated rings. The third-order valence-electron chi connectivity index (χ3n) is 2.95. The van der Waals surface area contributed by atoms with Crippen molar-refractivity contribution in [1.29, 1.82) is 5.26 Å². The molecule has 108 valence electrons. The fourth-order valence-corrected chi connectivity index (χ4v) is 1.86. The number of hydrogen-bond acceptors (Lipinski definition) is 4. The lowest BCUT2D eigenvalue weighted by atomic mass is 10.1. The van der Waals surface area contributed by atoms with E-state index in [1.54, 1.807) is 25.1 Å². The van der Waals surface area contributed by atoms with Crippen LogP contribution in [0.3, 0.4) is 0 Å². The standard InChI is InChI=1S/C17H18N2O2/c1-13(20)11-19-17-9-16(8-7-15(17)10-18)21-12-14-5-3-2-4-6-14/h2-9,13,19-20H,11-12H2,1H3. The van der Waals surface area contributed by atoms with Crippen LogP contribution >= 0.6 is 0 Å². The second-order valence-electron chi connectivity index (χ2n) is 4.82. The molecule has 0 aliphatic carbocycles. The molecule has 2 aromatic carbocycles. The van der Waals surface area contributed by atoms with Crippen LogP contribution in [0.15, 0.2) is 48.5 Å². The van der Waals surface area contributed by atoms with Gasteiger partial charge in [0.15, 0.2) is 0 Å². The molecule has 0 saturated carbocycles. The van der Waals surface area contributed by atoms with Crippen molar-refractivity contribution in [3.05, 3.63) is 59.7 Å². The molecular weight excluding hydrogens is 264 g/mol. The lowest BCUT2D eigenvalue weighted by Gasteiger charge is -2.12. The smallest absolute Gasteiger partial charge is 0.121 e. The van der Waals surface area contributed by atoms with Crippen LogP contribution in [0.25, 0.3) is 0 Å². The van der Waals surface area contributed by atoms with Crippen LogP contribution in [-0.4, -0.2) is 17.8 Å². The molecule has 1 unspecified atom stereocenters. The van der Waals surface area contributed by atoms with Gasteiger partial charge >= 0.3 is 0 Å². The summed E-state index contributed by atoms with van der Waals surface area (Å²) >= 11 is 0. The Morgan fingerprint density at radius 1 is 1.24 bits per heavy atom. The largest absolute Gasteiger partial charge is 0.489 e. The first-order valence-electron chi connectivity index (χ1n) is 6.82. The van der Waals surface area contributed by atoms with Gasteiger partial charge in [0, 0.05) is 12.6 Å². The molecule has 2 aromatic rings. The third-order valence-corrected chi connectivity index (χ3v) is 2.95. The van der Waals surface area contributed by atoms with Gasteiger partial charge in [-0.2, -0.15) is 5.26 Å². The molecule has 0 saturated heterocycles. The first-order chi connectivity index (χ1) is 10.2. The molecule has 0 aromatic heterocycles. The molecule has 0 amide bonds. The van der Waals surface area contributed by atoms with Gasteiger partial charge in [0.1, 0.15) is 18.4 Å². The lowest BCUT2D eigenvalue weighted by molar-refractivity contribution is 0.208. The Morgan fingerprint density at radius 3 is 2.67 bits per heavy atom. The average Bonchev–Trinajstić information content (AvgIpc) is 2.52. The molecule has 0 radical (unpaired) electrons. The Labute approximate surface area is 124 Å². The molecule has 2 rings (SSSR count). The van der Waals surface area contributed by atoms with Crippen LogP contribution in [0, 0.1) is 11.3 Å². The van der Waals surface area contributed by atoms with Crippen LogP contribution in [-0.2, 0) is 6.61 Å². The fourth-order valence-electron chi connectivity index (χ4n) is 1.86.